The van der Waals surface area contributed by atoms with Crippen LogP contribution in [0.5, 0.6) is 11.5 Å². The second-order valence-electron chi connectivity index (χ2n) is 4.82. The molecule has 21 heavy (non-hydrogen) atoms. The number of benzene rings is 2. The van der Waals surface area contributed by atoms with E-state index in [1.165, 1.54) is 18.2 Å². The summed E-state index contributed by atoms with van der Waals surface area (Å²) in [6, 6.07) is 12.1. The predicted octanol–water partition coefficient (Wildman–Crippen LogP) is 3.05. The maximum Gasteiger partial charge on any atom is 0.261 e. The minimum Gasteiger partial charge on any atom is -0.508 e. The third-order valence-corrected chi connectivity index (χ3v) is 3.29. The Hall–Kier alpha value is -2.82. The largest absolute Gasteiger partial charge is 0.508 e. The van der Waals surface area contributed by atoms with Crippen LogP contribution in [0.2, 0.25) is 0 Å². The molecular formula is C16H14N2O3. The van der Waals surface area contributed by atoms with Crippen molar-refractivity contribution in [2.75, 3.05) is 0 Å². The lowest BCUT2D eigenvalue weighted by atomic mass is 10.1. The number of phenols is 2. The monoisotopic (exact) mass is 282 g/mol. The third kappa shape index (κ3) is 2.72. The molecule has 106 valence electrons. The van der Waals surface area contributed by atoms with Gasteiger partial charge in [-0.25, -0.2) is 0 Å². The Kier molecular flexibility index (Phi) is 3.31. The predicted molar refractivity (Wildman–Crippen MR) is 77.0 cm³/mol. The molecule has 0 saturated carbocycles. The van der Waals surface area contributed by atoms with Gasteiger partial charge >= 0.3 is 0 Å². The number of phenolic OH excluding ortho intramolecular Hbond substituents is 2. The standard InChI is InChI=1S/C16H14N2O3/c1-10-4-2-3-5-11(10)8-15-17-16(21-18-15)13-9-12(19)6-7-14(13)20/h2-7,9,19-20H,8H2,1H3. The first-order valence-electron chi connectivity index (χ1n) is 6.53. The molecule has 0 unspecified atom stereocenters. The number of aromatic nitrogens is 2. The van der Waals surface area contributed by atoms with Gasteiger partial charge < -0.3 is 14.7 Å². The highest BCUT2D eigenvalue weighted by atomic mass is 16.5. The summed E-state index contributed by atoms with van der Waals surface area (Å²) in [7, 11) is 0. The van der Waals surface area contributed by atoms with Crippen LogP contribution in [-0.4, -0.2) is 20.4 Å². The average molecular weight is 282 g/mol. The van der Waals surface area contributed by atoms with Crippen molar-refractivity contribution < 1.29 is 14.7 Å². The molecule has 3 aromatic rings. The molecule has 0 saturated heterocycles. The molecule has 5 heteroatoms. The summed E-state index contributed by atoms with van der Waals surface area (Å²) in [6.45, 7) is 2.03. The summed E-state index contributed by atoms with van der Waals surface area (Å²) in [5.74, 6) is 0.731. The van der Waals surface area contributed by atoms with E-state index in [0.717, 1.165) is 11.1 Å². The third-order valence-electron chi connectivity index (χ3n) is 3.29. The van der Waals surface area contributed by atoms with Gasteiger partial charge in [0.05, 0.1) is 5.56 Å². The van der Waals surface area contributed by atoms with Gasteiger partial charge in [0, 0.05) is 6.42 Å². The van der Waals surface area contributed by atoms with Gasteiger partial charge in [-0.2, -0.15) is 4.98 Å². The van der Waals surface area contributed by atoms with Crippen LogP contribution in [0.3, 0.4) is 0 Å². The molecule has 2 aromatic carbocycles. The second kappa shape index (κ2) is 5.28. The van der Waals surface area contributed by atoms with E-state index >= 15 is 0 Å². The lowest BCUT2D eigenvalue weighted by Gasteiger charge is -2.01. The van der Waals surface area contributed by atoms with Gasteiger partial charge in [-0.1, -0.05) is 29.4 Å². The second-order valence-corrected chi connectivity index (χ2v) is 4.82. The maximum atomic E-state index is 9.79. The highest BCUT2D eigenvalue weighted by Crippen LogP contribution is 2.31. The van der Waals surface area contributed by atoms with E-state index in [1.807, 2.05) is 31.2 Å². The first-order chi connectivity index (χ1) is 10.1. The molecule has 2 N–H and O–H groups in total. The Morgan fingerprint density at radius 3 is 2.71 bits per heavy atom. The molecule has 0 spiro atoms. The van der Waals surface area contributed by atoms with E-state index in [0.29, 0.717) is 17.8 Å². The van der Waals surface area contributed by atoms with Crippen molar-refractivity contribution in [1.82, 2.24) is 10.1 Å². The van der Waals surface area contributed by atoms with Crippen LogP contribution in [0.25, 0.3) is 11.5 Å². The number of nitrogens with zero attached hydrogens (tertiary/aromatic N) is 2. The van der Waals surface area contributed by atoms with E-state index < -0.39 is 0 Å². The first kappa shape index (κ1) is 13.2. The number of rotatable bonds is 3. The summed E-state index contributed by atoms with van der Waals surface area (Å²) >= 11 is 0. The zero-order chi connectivity index (χ0) is 14.8. The number of hydrogen-bond donors (Lipinski definition) is 2. The fourth-order valence-corrected chi connectivity index (χ4v) is 2.11. The molecule has 0 amide bonds. The topological polar surface area (TPSA) is 79.4 Å². The van der Waals surface area contributed by atoms with Gasteiger partial charge in [0.1, 0.15) is 11.5 Å². The summed E-state index contributed by atoms with van der Waals surface area (Å²) in [6.07, 6.45) is 0.551. The molecule has 1 heterocycles. The van der Waals surface area contributed by atoms with Crippen LogP contribution in [0, 0.1) is 6.92 Å². The van der Waals surface area contributed by atoms with Gasteiger partial charge in [0.25, 0.3) is 5.89 Å². The molecule has 5 nitrogen and oxygen atoms in total. The lowest BCUT2D eigenvalue weighted by molar-refractivity contribution is 0.417. The van der Waals surface area contributed by atoms with Gasteiger partial charge in [0.15, 0.2) is 5.82 Å². The highest BCUT2D eigenvalue weighted by Gasteiger charge is 2.14. The molecule has 0 fully saturated rings. The zero-order valence-corrected chi connectivity index (χ0v) is 11.4. The Morgan fingerprint density at radius 1 is 1.10 bits per heavy atom. The molecule has 0 aliphatic rings. The van der Waals surface area contributed by atoms with Crippen molar-refractivity contribution in [2.24, 2.45) is 0 Å². The zero-order valence-electron chi connectivity index (χ0n) is 11.4. The van der Waals surface area contributed by atoms with Crippen LogP contribution in [0.15, 0.2) is 47.0 Å². The normalized spacial score (nSPS) is 10.7. The number of aromatic hydroxyl groups is 2. The smallest absolute Gasteiger partial charge is 0.261 e. The molecular weight excluding hydrogens is 268 g/mol. The Labute approximate surface area is 121 Å². The van der Waals surface area contributed by atoms with E-state index in [-0.39, 0.29) is 17.4 Å². The molecule has 0 atom stereocenters. The molecule has 3 rings (SSSR count). The fourth-order valence-electron chi connectivity index (χ4n) is 2.11. The minimum atomic E-state index is -0.0149. The van der Waals surface area contributed by atoms with Crippen LogP contribution in [-0.2, 0) is 6.42 Å². The van der Waals surface area contributed by atoms with Crippen molar-refractivity contribution in [3.05, 3.63) is 59.4 Å². The Bertz CT molecular complexity index is 781. The van der Waals surface area contributed by atoms with Crippen LogP contribution in [0.4, 0.5) is 0 Å². The SMILES string of the molecule is Cc1ccccc1Cc1noc(-c2cc(O)ccc2O)n1. The van der Waals surface area contributed by atoms with Crippen molar-refractivity contribution in [3.8, 4) is 23.0 Å². The lowest BCUT2D eigenvalue weighted by Crippen LogP contribution is -1.93. The molecule has 0 aliphatic heterocycles. The number of hydrogen-bond acceptors (Lipinski definition) is 5. The van der Waals surface area contributed by atoms with E-state index in [4.69, 9.17) is 4.52 Å². The van der Waals surface area contributed by atoms with Crippen molar-refractivity contribution in [3.63, 3.8) is 0 Å². The van der Waals surface area contributed by atoms with Gasteiger partial charge in [-0.3, -0.25) is 0 Å². The van der Waals surface area contributed by atoms with Crippen LogP contribution in [0.1, 0.15) is 17.0 Å². The maximum absolute atomic E-state index is 9.79. The quantitative estimate of drug-likeness (QED) is 0.722. The first-order valence-corrected chi connectivity index (χ1v) is 6.53. The summed E-state index contributed by atoms with van der Waals surface area (Å²) in [4.78, 5) is 4.27. The van der Waals surface area contributed by atoms with E-state index in [1.54, 1.807) is 0 Å². The minimum absolute atomic E-state index is 0.0149. The fraction of sp³-hybridized carbons (Fsp3) is 0.125. The van der Waals surface area contributed by atoms with Crippen LogP contribution < -0.4 is 0 Å². The van der Waals surface area contributed by atoms with Crippen molar-refractivity contribution >= 4 is 0 Å². The Balaban J connectivity index is 1.90. The number of aryl methyl sites for hydroxylation is 1. The van der Waals surface area contributed by atoms with Crippen molar-refractivity contribution in [1.29, 1.82) is 0 Å². The highest BCUT2D eigenvalue weighted by molar-refractivity contribution is 5.64. The van der Waals surface area contributed by atoms with Crippen LogP contribution >= 0.6 is 0 Å². The summed E-state index contributed by atoms with van der Waals surface area (Å²) < 4.78 is 5.17. The van der Waals surface area contributed by atoms with Crippen molar-refractivity contribution in [2.45, 2.75) is 13.3 Å². The Morgan fingerprint density at radius 2 is 1.90 bits per heavy atom. The summed E-state index contributed by atoms with van der Waals surface area (Å²) in [5, 5.41) is 23.2. The molecule has 0 radical (unpaired) electrons. The molecule has 0 aliphatic carbocycles. The average Bonchev–Trinajstić information content (AvgIpc) is 2.92. The summed E-state index contributed by atoms with van der Waals surface area (Å²) in [5.41, 5.74) is 2.59. The molecule has 1 aromatic heterocycles. The van der Waals surface area contributed by atoms with E-state index in [9.17, 15) is 10.2 Å². The van der Waals surface area contributed by atoms with Gasteiger partial charge in [0.2, 0.25) is 0 Å². The van der Waals surface area contributed by atoms with E-state index in [2.05, 4.69) is 10.1 Å². The van der Waals surface area contributed by atoms with Gasteiger partial charge in [-0.15, -0.1) is 0 Å². The molecule has 0 bridgehead atoms. The van der Waals surface area contributed by atoms with Gasteiger partial charge in [-0.05, 0) is 36.2 Å².